The molecule has 1 fully saturated rings. The SMILES string of the molecule is CC1SCCN(C(=O)C2Cc3ccccc3N2)C1C. The molecule has 0 spiro atoms. The number of carbonyl (C=O) groups excluding carboxylic acids is 1. The fourth-order valence-electron chi connectivity index (χ4n) is 2.89. The number of amides is 1. The number of rotatable bonds is 1. The second kappa shape index (κ2) is 5.08. The van der Waals surface area contributed by atoms with Crippen LogP contribution < -0.4 is 5.32 Å². The lowest BCUT2D eigenvalue weighted by molar-refractivity contribution is -0.133. The Kier molecular flexibility index (Phi) is 3.44. The molecule has 2 aliphatic heterocycles. The molecule has 3 rings (SSSR count). The third-order valence-electron chi connectivity index (χ3n) is 4.24. The number of para-hydroxylation sites is 1. The average Bonchev–Trinajstić information content (AvgIpc) is 2.85. The van der Waals surface area contributed by atoms with E-state index in [2.05, 4.69) is 36.2 Å². The molecule has 1 aromatic carbocycles. The highest BCUT2D eigenvalue weighted by Crippen LogP contribution is 2.29. The van der Waals surface area contributed by atoms with Gasteiger partial charge in [0.25, 0.3) is 0 Å². The van der Waals surface area contributed by atoms with Gasteiger partial charge in [-0.3, -0.25) is 4.79 Å². The fraction of sp³-hybridized carbons (Fsp3) is 0.533. The van der Waals surface area contributed by atoms with Crippen LogP contribution in [0.2, 0.25) is 0 Å². The number of carbonyl (C=O) groups is 1. The third-order valence-corrected chi connectivity index (χ3v) is 5.57. The summed E-state index contributed by atoms with van der Waals surface area (Å²) in [4.78, 5) is 14.7. The molecule has 0 saturated carbocycles. The van der Waals surface area contributed by atoms with Crippen LogP contribution in [-0.4, -0.2) is 40.4 Å². The average molecular weight is 276 g/mol. The van der Waals surface area contributed by atoms with E-state index in [9.17, 15) is 4.79 Å². The van der Waals surface area contributed by atoms with Crippen molar-refractivity contribution in [2.45, 2.75) is 37.6 Å². The van der Waals surface area contributed by atoms with E-state index in [0.29, 0.717) is 11.3 Å². The van der Waals surface area contributed by atoms with Gasteiger partial charge in [0.1, 0.15) is 6.04 Å². The van der Waals surface area contributed by atoms with E-state index in [-0.39, 0.29) is 11.9 Å². The molecule has 102 valence electrons. The summed E-state index contributed by atoms with van der Waals surface area (Å²) >= 11 is 1.96. The molecule has 1 aromatic rings. The van der Waals surface area contributed by atoms with Gasteiger partial charge in [0.2, 0.25) is 5.91 Å². The first-order valence-corrected chi connectivity index (χ1v) is 7.98. The summed E-state index contributed by atoms with van der Waals surface area (Å²) < 4.78 is 0. The smallest absolute Gasteiger partial charge is 0.245 e. The van der Waals surface area contributed by atoms with Crippen molar-refractivity contribution in [3.8, 4) is 0 Å². The topological polar surface area (TPSA) is 32.3 Å². The summed E-state index contributed by atoms with van der Waals surface area (Å²) in [5.74, 6) is 1.31. The molecule has 1 amide bonds. The second-order valence-corrected chi connectivity index (χ2v) is 6.89. The van der Waals surface area contributed by atoms with Gasteiger partial charge >= 0.3 is 0 Å². The van der Waals surface area contributed by atoms with Crippen LogP contribution in [0.5, 0.6) is 0 Å². The highest BCUT2D eigenvalue weighted by molar-refractivity contribution is 8.00. The largest absolute Gasteiger partial charge is 0.373 e. The molecule has 0 radical (unpaired) electrons. The van der Waals surface area contributed by atoms with Gasteiger partial charge in [-0.2, -0.15) is 11.8 Å². The first kappa shape index (κ1) is 12.9. The van der Waals surface area contributed by atoms with E-state index in [1.54, 1.807) is 0 Å². The van der Waals surface area contributed by atoms with E-state index >= 15 is 0 Å². The van der Waals surface area contributed by atoms with E-state index in [0.717, 1.165) is 24.4 Å². The lowest BCUT2D eigenvalue weighted by Crippen LogP contribution is -2.52. The van der Waals surface area contributed by atoms with Gasteiger partial charge in [0.05, 0.1) is 0 Å². The van der Waals surface area contributed by atoms with E-state index in [4.69, 9.17) is 0 Å². The molecule has 1 N–H and O–H groups in total. The van der Waals surface area contributed by atoms with Crippen LogP contribution in [0.15, 0.2) is 24.3 Å². The number of nitrogens with zero attached hydrogens (tertiary/aromatic N) is 1. The molecule has 2 aliphatic rings. The zero-order valence-corrected chi connectivity index (χ0v) is 12.2. The molecule has 3 nitrogen and oxygen atoms in total. The van der Waals surface area contributed by atoms with Crippen molar-refractivity contribution in [1.82, 2.24) is 4.90 Å². The minimum Gasteiger partial charge on any atom is -0.373 e. The van der Waals surface area contributed by atoms with Crippen molar-refractivity contribution >= 4 is 23.4 Å². The number of benzene rings is 1. The number of hydrogen-bond donors (Lipinski definition) is 1. The minimum absolute atomic E-state index is 0.0739. The maximum absolute atomic E-state index is 12.7. The Labute approximate surface area is 118 Å². The number of nitrogens with one attached hydrogen (secondary N) is 1. The quantitative estimate of drug-likeness (QED) is 0.855. The van der Waals surface area contributed by atoms with Crippen LogP contribution in [0.3, 0.4) is 0 Å². The summed E-state index contributed by atoms with van der Waals surface area (Å²) in [6.07, 6.45) is 0.819. The van der Waals surface area contributed by atoms with Crippen molar-refractivity contribution in [3.63, 3.8) is 0 Å². The van der Waals surface area contributed by atoms with Crippen molar-refractivity contribution < 1.29 is 4.79 Å². The van der Waals surface area contributed by atoms with E-state index < -0.39 is 0 Å². The van der Waals surface area contributed by atoms with Crippen LogP contribution in [0.1, 0.15) is 19.4 Å². The molecule has 0 aliphatic carbocycles. The van der Waals surface area contributed by atoms with Crippen LogP contribution in [0.25, 0.3) is 0 Å². The Balaban J connectivity index is 1.72. The maximum atomic E-state index is 12.7. The van der Waals surface area contributed by atoms with Crippen molar-refractivity contribution in [1.29, 1.82) is 0 Å². The number of anilines is 1. The number of thioether (sulfide) groups is 1. The molecule has 4 heteroatoms. The highest BCUT2D eigenvalue weighted by Gasteiger charge is 2.35. The third kappa shape index (κ3) is 2.34. The highest BCUT2D eigenvalue weighted by atomic mass is 32.2. The van der Waals surface area contributed by atoms with Crippen LogP contribution in [0.4, 0.5) is 5.69 Å². The lowest BCUT2D eigenvalue weighted by Gasteiger charge is -2.38. The molecule has 1 saturated heterocycles. The summed E-state index contributed by atoms with van der Waals surface area (Å²) in [6.45, 7) is 5.26. The monoisotopic (exact) mass is 276 g/mol. The maximum Gasteiger partial charge on any atom is 0.245 e. The molecular weight excluding hydrogens is 256 g/mol. The van der Waals surface area contributed by atoms with Gasteiger partial charge in [-0.15, -0.1) is 0 Å². The van der Waals surface area contributed by atoms with Crippen molar-refractivity contribution in [2.24, 2.45) is 0 Å². The molecule has 3 atom stereocenters. The Morgan fingerprint density at radius 2 is 2.16 bits per heavy atom. The standard InChI is InChI=1S/C15H20N2OS/c1-10-11(2)19-8-7-17(10)15(18)14-9-12-5-3-4-6-13(12)16-14/h3-6,10-11,14,16H,7-9H2,1-2H3. The van der Waals surface area contributed by atoms with Crippen LogP contribution in [-0.2, 0) is 11.2 Å². The predicted octanol–water partition coefficient (Wildman–Crippen LogP) is 2.38. The van der Waals surface area contributed by atoms with Gasteiger partial charge in [-0.1, -0.05) is 25.1 Å². The summed E-state index contributed by atoms with van der Waals surface area (Å²) in [5.41, 5.74) is 2.38. The lowest BCUT2D eigenvalue weighted by atomic mass is 10.1. The Morgan fingerprint density at radius 3 is 2.95 bits per heavy atom. The van der Waals surface area contributed by atoms with Crippen LogP contribution >= 0.6 is 11.8 Å². The molecule has 2 heterocycles. The van der Waals surface area contributed by atoms with Gasteiger partial charge < -0.3 is 10.2 Å². The first-order valence-electron chi connectivity index (χ1n) is 6.93. The molecule has 19 heavy (non-hydrogen) atoms. The van der Waals surface area contributed by atoms with Gasteiger partial charge in [-0.05, 0) is 18.6 Å². The zero-order valence-electron chi connectivity index (χ0n) is 11.4. The van der Waals surface area contributed by atoms with E-state index in [1.165, 1.54) is 5.56 Å². The molecule has 0 aromatic heterocycles. The Morgan fingerprint density at radius 1 is 1.37 bits per heavy atom. The Bertz CT molecular complexity index is 466. The molecular formula is C15H20N2OS. The van der Waals surface area contributed by atoms with Gasteiger partial charge in [-0.25, -0.2) is 0 Å². The summed E-state index contributed by atoms with van der Waals surface area (Å²) in [5, 5.41) is 3.90. The summed E-state index contributed by atoms with van der Waals surface area (Å²) in [7, 11) is 0. The number of hydrogen-bond acceptors (Lipinski definition) is 3. The summed E-state index contributed by atoms with van der Waals surface area (Å²) in [6, 6.07) is 8.47. The van der Waals surface area contributed by atoms with E-state index in [1.807, 2.05) is 23.9 Å². The van der Waals surface area contributed by atoms with Crippen LogP contribution in [0, 0.1) is 0 Å². The molecule has 3 unspecified atom stereocenters. The predicted molar refractivity (Wildman–Crippen MR) is 80.7 cm³/mol. The minimum atomic E-state index is -0.0739. The van der Waals surface area contributed by atoms with Gasteiger partial charge in [0.15, 0.2) is 0 Å². The normalized spacial score (nSPS) is 29.8. The van der Waals surface area contributed by atoms with Gasteiger partial charge in [0, 0.05) is 35.7 Å². The molecule has 0 bridgehead atoms. The second-order valence-electron chi connectivity index (χ2n) is 5.41. The Hall–Kier alpha value is -1.16. The fourth-order valence-corrected chi connectivity index (χ4v) is 3.99. The van der Waals surface area contributed by atoms with Crippen molar-refractivity contribution in [2.75, 3.05) is 17.6 Å². The number of fused-ring (bicyclic) bond motifs is 1. The first-order chi connectivity index (χ1) is 9.16. The van der Waals surface area contributed by atoms with Crippen molar-refractivity contribution in [3.05, 3.63) is 29.8 Å². The zero-order chi connectivity index (χ0) is 13.4.